The standard InChI is InChI=1S/C32H34N2O7S/c1-22-10-9-13-24(18-22)32(23-11-7-6-8-12-23)33-31(35)21-34(27-19-25(38-2)14-16-28(27)39-3)42(36,37)26-15-17-29(40-4)30(20-26)41-5/h6-20,32H,21H2,1-5H3,(H,33,35). The van der Waals surface area contributed by atoms with Crippen LogP contribution in [0.3, 0.4) is 0 Å². The quantitative estimate of drug-likeness (QED) is 0.244. The summed E-state index contributed by atoms with van der Waals surface area (Å²) < 4.78 is 51.0. The molecule has 0 saturated carbocycles. The Kier molecular flexibility index (Phi) is 9.59. The SMILES string of the molecule is COc1ccc(OC)c(N(CC(=O)NC(c2ccccc2)c2cccc(C)c2)S(=O)(=O)c2ccc(OC)c(OC)c2)c1. The van der Waals surface area contributed by atoms with Gasteiger partial charge in [0.25, 0.3) is 10.0 Å². The molecule has 0 aliphatic rings. The molecule has 0 fully saturated rings. The Morgan fingerprint density at radius 3 is 2.05 bits per heavy atom. The molecule has 0 spiro atoms. The van der Waals surface area contributed by atoms with Crippen molar-refractivity contribution in [2.75, 3.05) is 39.3 Å². The summed E-state index contributed by atoms with van der Waals surface area (Å²) in [6.07, 6.45) is 0. The Morgan fingerprint density at radius 2 is 1.40 bits per heavy atom. The Labute approximate surface area is 246 Å². The summed E-state index contributed by atoms with van der Waals surface area (Å²) in [5, 5.41) is 3.05. The Balaban J connectivity index is 1.79. The van der Waals surface area contributed by atoms with Gasteiger partial charge in [-0.15, -0.1) is 0 Å². The van der Waals surface area contributed by atoms with Crippen molar-refractivity contribution in [1.82, 2.24) is 5.32 Å². The van der Waals surface area contributed by atoms with Crippen LogP contribution in [0.1, 0.15) is 22.7 Å². The number of nitrogens with zero attached hydrogens (tertiary/aromatic N) is 1. The Bertz CT molecular complexity index is 1640. The topological polar surface area (TPSA) is 103 Å². The highest BCUT2D eigenvalue weighted by Gasteiger charge is 2.32. The van der Waals surface area contributed by atoms with Gasteiger partial charge in [0.2, 0.25) is 5.91 Å². The van der Waals surface area contributed by atoms with Crippen LogP contribution in [0.2, 0.25) is 0 Å². The fourth-order valence-corrected chi connectivity index (χ4v) is 6.03. The monoisotopic (exact) mass is 590 g/mol. The van der Waals surface area contributed by atoms with Crippen molar-refractivity contribution >= 4 is 21.6 Å². The zero-order valence-corrected chi connectivity index (χ0v) is 25.0. The van der Waals surface area contributed by atoms with Crippen LogP contribution in [-0.2, 0) is 14.8 Å². The highest BCUT2D eigenvalue weighted by molar-refractivity contribution is 7.92. The minimum atomic E-state index is -4.33. The molecule has 0 saturated heterocycles. The Hall–Kier alpha value is -4.70. The van der Waals surface area contributed by atoms with Crippen molar-refractivity contribution in [3.05, 3.63) is 108 Å². The summed E-state index contributed by atoms with van der Waals surface area (Å²) >= 11 is 0. The van der Waals surface area contributed by atoms with E-state index in [1.54, 1.807) is 12.1 Å². The van der Waals surface area contributed by atoms with Gasteiger partial charge in [-0.25, -0.2) is 8.42 Å². The van der Waals surface area contributed by atoms with Gasteiger partial charge in [0.15, 0.2) is 11.5 Å². The van der Waals surface area contributed by atoms with Crippen molar-refractivity contribution in [3.63, 3.8) is 0 Å². The van der Waals surface area contributed by atoms with Crippen LogP contribution in [0.5, 0.6) is 23.0 Å². The first-order valence-electron chi connectivity index (χ1n) is 13.1. The first-order chi connectivity index (χ1) is 20.2. The number of sulfonamides is 1. The van der Waals surface area contributed by atoms with E-state index in [-0.39, 0.29) is 22.1 Å². The number of carbonyl (C=O) groups is 1. The van der Waals surface area contributed by atoms with E-state index in [1.807, 2.05) is 61.5 Å². The second-order valence-electron chi connectivity index (χ2n) is 9.39. The van der Waals surface area contributed by atoms with Crippen LogP contribution in [-0.4, -0.2) is 49.3 Å². The van der Waals surface area contributed by atoms with E-state index in [1.165, 1.54) is 52.7 Å². The van der Waals surface area contributed by atoms with Gasteiger partial charge < -0.3 is 24.3 Å². The molecule has 0 bridgehead atoms. The number of ether oxygens (including phenoxy) is 4. The predicted molar refractivity (Wildman–Crippen MR) is 161 cm³/mol. The maximum atomic E-state index is 14.2. The first kappa shape index (κ1) is 30.3. The molecule has 1 N–H and O–H groups in total. The minimum Gasteiger partial charge on any atom is -0.497 e. The van der Waals surface area contributed by atoms with Gasteiger partial charge >= 0.3 is 0 Å². The number of amides is 1. The van der Waals surface area contributed by atoms with Gasteiger partial charge in [0.05, 0.1) is 45.1 Å². The summed E-state index contributed by atoms with van der Waals surface area (Å²) in [7, 11) is 1.44. The smallest absolute Gasteiger partial charge is 0.265 e. The van der Waals surface area contributed by atoms with Crippen molar-refractivity contribution in [3.8, 4) is 23.0 Å². The average Bonchev–Trinajstić information content (AvgIpc) is 3.02. The maximum absolute atomic E-state index is 14.2. The van der Waals surface area contributed by atoms with Gasteiger partial charge in [-0.05, 0) is 42.3 Å². The predicted octanol–water partition coefficient (Wildman–Crippen LogP) is 5.13. The lowest BCUT2D eigenvalue weighted by molar-refractivity contribution is -0.120. The lowest BCUT2D eigenvalue weighted by Crippen LogP contribution is -2.42. The lowest BCUT2D eigenvalue weighted by atomic mass is 9.97. The maximum Gasteiger partial charge on any atom is 0.265 e. The molecule has 9 nitrogen and oxygen atoms in total. The van der Waals surface area contributed by atoms with Crippen molar-refractivity contribution in [2.45, 2.75) is 17.9 Å². The van der Waals surface area contributed by atoms with E-state index in [4.69, 9.17) is 18.9 Å². The number of nitrogens with one attached hydrogen (secondary N) is 1. The summed E-state index contributed by atoms with van der Waals surface area (Å²) in [5.41, 5.74) is 2.88. The highest BCUT2D eigenvalue weighted by Crippen LogP contribution is 2.37. The van der Waals surface area contributed by atoms with Crippen LogP contribution >= 0.6 is 0 Å². The number of benzene rings is 4. The van der Waals surface area contributed by atoms with Gasteiger partial charge in [-0.1, -0.05) is 60.2 Å². The molecule has 4 aromatic carbocycles. The van der Waals surface area contributed by atoms with Crippen LogP contribution in [0.15, 0.2) is 95.9 Å². The van der Waals surface area contributed by atoms with Crippen LogP contribution < -0.4 is 28.6 Å². The third-order valence-electron chi connectivity index (χ3n) is 6.70. The second-order valence-corrected chi connectivity index (χ2v) is 11.3. The normalized spacial score (nSPS) is 11.7. The van der Waals surface area contributed by atoms with Crippen LogP contribution in [0.4, 0.5) is 5.69 Å². The molecule has 10 heteroatoms. The summed E-state index contributed by atoms with van der Waals surface area (Å²) in [6.45, 7) is 1.43. The summed E-state index contributed by atoms with van der Waals surface area (Å²) in [5.74, 6) is 0.693. The van der Waals surface area contributed by atoms with E-state index < -0.39 is 28.5 Å². The van der Waals surface area contributed by atoms with E-state index in [9.17, 15) is 13.2 Å². The average molecular weight is 591 g/mol. The van der Waals surface area contributed by atoms with Crippen molar-refractivity contribution in [2.24, 2.45) is 0 Å². The van der Waals surface area contributed by atoms with Gasteiger partial charge in [0.1, 0.15) is 18.0 Å². The third kappa shape index (κ3) is 6.60. The van der Waals surface area contributed by atoms with E-state index in [0.717, 1.165) is 21.0 Å². The number of rotatable bonds is 12. The largest absolute Gasteiger partial charge is 0.497 e. The fraction of sp³-hybridized carbons (Fsp3) is 0.219. The lowest BCUT2D eigenvalue weighted by Gasteiger charge is -2.28. The molecule has 1 atom stereocenters. The van der Waals surface area contributed by atoms with Gasteiger partial charge in [-0.3, -0.25) is 9.10 Å². The van der Waals surface area contributed by atoms with Crippen LogP contribution in [0.25, 0.3) is 0 Å². The van der Waals surface area contributed by atoms with Crippen molar-refractivity contribution in [1.29, 1.82) is 0 Å². The van der Waals surface area contributed by atoms with Crippen LogP contribution in [0, 0.1) is 6.92 Å². The molecule has 42 heavy (non-hydrogen) atoms. The number of methoxy groups -OCH3 is 4. The molecular weight excluding hydrogens is 556 g/mol. The fourth-order valence-electron chi connectivity index (χ4n) is 4.59. The van der Waals surface area contributed by atoms with E-state index >= 15 is 0 Å². The highest BCUT2D eigenvalue weighted by atomic mass is 32.2. The van der Waals surface area contributed by atoms with E-state index in [0.29, 0.717) is 11.5 Å². The molecule has 4 rings (SSSR count). The summed E-state index contributed by atoms with van der Waals surface area (Å²) in [4.78, 5) is 13.7. The van der Waals surface area contributed by atoms with E-state index in [2.05, 4.69) is 5.32 Å². The number of anilines is 1. The number of hydrogen-bond donors (Lipinski definition) is 1. The number of aryl methyl sites for hydroxylation is 1. The van der Waals surface area contributed by atoms with Crippen molar-refractivity contribution < 1.29 is 32.2 Å². The molecule has 4 aromatic rings. The first-order valence-corrected chi connectivity index (χ1v) is 14.5. The van der Waals surface area contributed by atoms with Gasteiger partial charge in [0, 0.05) is 12.1 Å². The molecule has 220 valence electrons. The molecule has 0 radical (unpaired) electrons. The number of carbonyl (C=O) groups excluding carboxylic acids is 1. The second kappa shape index (κ2) is 13.3. The minimum absolute atomic E-state index is 0.101. The zero-order valence-electron chi connectivity index (χ0n) is 24.2. The van der Waals surface area contributed by atoms with Gasteiger partial charge in [-0.2, -0.15) is 0 Å². The molecular formula is C32H34N2O7S. The third-order valence-corrected chi connectivity index (χ3v) is 8.45. The molecule has 0 aliphatic carbocycles. The molecule has 1 unspecified atom stereocenters. The molecule has 0 aliphatic heterocycles. The molecule has 0 aromatic heterocycles. The molecule has 0 heterocycles. The zero-order chi connectivity index (χ0) is 30.3. The Morgan fingerprint density at radius 1 is 0.738 bits per heavy atom. The molecule has 1 amide bonds. The number of hydrogen-bond acceptors (Lipinski definition) is 7. The summed E-state index contributed by atoms with van der Waals surface area (Å²) in [6, 6.07) is 25.8.